The molecule has 0 aliphatic heterocycles. The number of nitrogens with zero attached hydrogens (tertiary/aromatic N) is 2. The van der Waals surface area contributed by atoms with Gasteiger partial charge in [-0.1, -0.05) is 18.2 Å². The zero-order valence-electron chi connectivity index (χ0n) is 11.7. The summed E-state index contributed by atoms with van der Waals surface area (Å²) in [7, 11) is 0. The molecule has 108 valence electrons. The van der Waals surface area contributed by atoms with Gasteiger partial charge in [0.15, 0.2) is 0 Å². The fourth-order valence-corrected chi connectivity index (χ4v) is 2.19. The Morgan fingerprint density at radius 2 is 1.90 bits per heavy atom. The molecule has 1 aromatic carbocycles. The molecule has 0 bridgehead atoms. The average molecular weight is 276 g/mol. The van der Waals surface area contributed by atoms with Gasteiger partial charge in [-0.3, -0.25) is 9.69 Å². The smallest absolute Gasteiger partial charge is 0.325 e. The molecule has 2 rings (SSSR count). The normalized spacial score (nSPS) is 13.8. The van der Waals surface area contributed by atoms with Crippen molar-refractivity contribution in [1.29, 1.82) is 0 Å². The molecule has 5 heteroatoms. The van der Waals surface area contributed by atoms with E-state index >= 15 is 0 Å². The minimum Gasteiger partial charge on any atom is -0.480 e. The highest BCUT2D eigenvalue weighted by Crippen LogP contribution is 2.30. The molecule has 0 unspecified atom stereocenters. The Morgan fingerprint density at radius 1 is 1.25 bits per heavy atom. The van der Waals surface area contributed by atoms with Crippen LogP contribution in [0.4, 0.5) is 10.5 Å². The average Bonchev–Trinajstić information content (AvgIpc) is 3.23. The van der Waals surface area contributed by atoms with Crippen LogP contribution in [0, 0.1) is 5.92 Å². The summed E-state index contributed by atoms with van der Waals surface area (Å²) >= 11 is 0. The van der Waals surface area contributed by atoms with E-state index in [1.807, 2.05) is 37.3 Å². The molecular weight excluding hydrogens is 256 g/mol. The Balaban J connectivity index is 2.12. The van der Waals surface area contributed by atoms with Gasteiger partial charge >= 0.3 is 12.0 Å². The maximum absolute atomic E-state index is 12.6. The fourth-order valence-electron chi connectivity index (χ4n) is 2.19. The summed E-state index contributed by atoms with van der Waals surface area (Å²) in [6.07, 6.45) is 2.17. The van der Waals surface area contributed by atoms with Crippen molar-refractivity contribution in [3.8, 4) is 0 Å². The van der Waals surface area contributed by atoms with Crippen LogP contribution >= 0.6 is 0 Å². The number of carboxylic acids is 1. The van der Waals surface area contributed by atoms with Crippen LogP contribution in [0.2, 0.25) is 0 Å². The van der Waals surface area contributed by atoms with Gasteiger partial charge in [-0.05, 0) is 37.8 Å². The van der Waals surface area contributed by atoms with Gasteiger partial charge in [-0.2, -0.15) is 0 Å². The lowest BCUT2D eigenvalue weighted by atomic mass is 10.3. The van der Waals surface area contributed by atoms with Crippen molar-refractivity contribution in [3.63, 3.8) is 0 Å². The highest BCUT2D eigenvalue weighted by molar-refractivity contribution is 5.93. The molecule has 5 nitrogen and oxygen atoms in total. The van der Waals surface area contributed by atoms with Gasteiger partial charge in [-0.15, -0.1) is 0 Å². The molecule has 2 amide bonds. The van der Waals surface area contributed by atoms with E-state index in [-0.39, 0.29) is 12.6 Å². The Bertz CT molecular complexity index is 471. The third kappa shape index (κ3) is 3.73. The molecule has 0 saturated heterocycles. The maximum Gasteiger partial charge on any atom is 0.325 e. The number of aliphatic carboxylic acids is 1. The molecule has 1 aromatic rings. The van der Waals surface area contributed by atoms with Crippen molar-refractivity contribution >= 4 is 17.7 Å². The zero-order chi connectivity index (χ0) is 14.5. The minimum absolute atomic E-state index is 0.229. The predicted molar refractivity (Wildman–Crippen MR) is 76.8 cm³/mol. The number of hydrogen-bond donors (Lipinski definition) is 1. The van der Waals surface area contributed by atoms with Gasteiger partial charge < -0.3 is 10.0 Å². The zero-order valence-corrected chi connectivity index (χ0v) is 11.7. The predicted octanol–water partition coefficient (Wildman–Crippen LogP) is 2.43. The van der Waals surface area contributed by atoms with Crippen LogP contribution in [-0.2, 0) is 4.79 Å². The van der Waals surface area contributed by atoms with Gasteiger partial charge in [0.25, 0.3) is 0 Å². The number of anilines is 1. The second-order valence-electron chi connectivity index (χ2n) is 5.08. The number of carbonyl (C=O) groups is 2. The molecular formula is C15H20N2O3. The number of rotatable bonds is 6. The molecule has 0 spiro atoms. The first-order valence-electron chi connectivity index (χ1n) is 6.95. The molecule has 1 saturated carbocycles. The van der Waals surface area contributed by atoms with E-state index in [1.165, 1.54) is 4.90 Å². The number of amides is 2. The van der Waals surface area contributed by atoms with Gasteiger partial charge in [-0.25, -0.2) is 4.79 Å². The standard InChI is InChI=1S/C15H20N2O3/c1-2-17(13-6-4-3-5-7-13)15(20)16(11-14(18)19)10-12-8-9-12/h3-7,12H,2,8-11H2,1H3,(H,18,19). The second-order valence-corrected chi connectivity index (χ2v) is 5.08. The summed E-state index contributed by atoms with van der Waals surface area (Å²) in [6.45, 7) is 2.71. The summed E-state index contributed by atoms with van der Waals surface area (Å²) < 4.78 is 0. The monoisotopic (exact) mass is 276 g/mol. The number of carbonyl (C=O) groups excluding carboxylic acids is 1. The lowest BCUT2D eigenvalue weighted by Crippen LogP contribution is -2.46. The SMILES string of the molecule is CCN(C(=O)N(CC(=O)O)CC1CC1)c1ccccc1. The number of para-hydroxylation sites is 1. The first-order chi connectivity index (χ1) is 9.61. The van der Waals surface area contributed by atoms with Gasteiger partial charge in [0.2, 0.25) is 0 Å². The summed E-state index contributed by atoms with van der Waals surface area (Å²) in [4.78, 5) is 26.6. The van der Waals surface area contributed by atoms with Crippen LogP contribution in [0.25, 0.3) is 0 Å². The molecule has 0 heterocycles. The van der Waals surface area contributed by atoms with Gasteiger partial charge in [0.05, 0.1) is 0 Å². The van der Waals surface area contributed by atoms with Crippen LogP contribution < -0.4 is 4.90 Å². The van der Waals surface area contributed by atoms with E-state index in [0.29, 0.717) is 19.0 Å². The van der Waals surface area contributed by atoms with E-state index in [0.717, 1.165) is 18.5 Å². The van der Waals surface area contributed by atoms with Crippen LogP contribution in [0.5, 0.6) is 0 Å². The number of urea groups is 1. The van der Waals surface area contributed by atoms with Crippen LogP contribution in [0.3, 0.4) is 0 Å². The van der Waals surface area contributed by atoms with Crippen molar-refractivity contribution in [2.45, 2.75) is 19.8 Å². The first kappa shape index (κ1) is 14.4. The highest BCUT2D eigenvalue weighted by atomic mass is 16.4. The fraction of sp³-hybridized carbons (Fsp3) is 0.467. The number of carboxylic acid groups (broad SMARTS) is 1. The van der Waals surface area contributed by atoms with Gasteiger partial charge in [0.1, 0.15) is 6.54 Å². The van der Waals surface area contributed by atoms with Crippen molar-refractivity contribution in [2.24, 2.45) is 5.92 Å². The first-order valence-corrected chi connectivity index (χ1v) is 6.95. The highest BCUT2D eigenvalue weighted by Gasteiger charge is 2.30. The van der Waals surface area contributed by atoms with E-state index < -0.39 is 5.97 Å². The van der Waals surface area contributed by atoms with E-state index in [1.54, 1.807) is 4.90 Å². The van der Waals surface area contributed by atoms with Gasteiger partial charge in [0, 0.05) is 18.8 Å². The van der Waals surface area contributed by atoms with Crippen molar-refractivity contribution in [3.05, 3.63) is 30.3 Å². The minimum atomic E-state index is -0.969. The molecule has 20 heavy (non-hydrogen) atoms. The molecule has 0 radical (unpaired) electrons. The van der Waals surface area contributed by atoms with Crippen molar-refractivity contribution in [1.82, 2.24) is 4.90 Å². The Labute approximate surface area is 118 Å². The topological polar surface area (TPSA) is 60.9 Å². The van der Waals surface area contributed by atoms with E-state index in [2.05, 4.69) is 0 Å². The Morgan fingerprint density at radius 3 is 2.40 bits per heavy atom. The molecule has 0 aromatic heterocycles. The summed E-state index contributed by atoms with van der Waals surface area (Å²) in [5.41, 5.74) is 0.797. The summed E-state index contributed by atoms with van der Waals surface area (Å²) in [6, 6.07) is 9.12. The van der Waals surface area contributed by atoms with E-state index in [4.69, 9.17) is 5.11 Å². The number of hydrogen-bond acceptors (Lipinski definition) is 2. The summed E-state index contributed by atoms with van der Waals surface area (Å²) in [5.74, 6) is -0.504. The number of benzene rings is 1. The Hall–Kier alpha value is -2.04. The maximum atomic E-state index is 12.6. The lowest BCUT2D eigenvalue weighted by Gasteiger charge is -2.29. The summed E-state index contributed by atoms with van der Waals surface area (Å²) in [5, 5.41) is 8.98. The van der Waals surface area contributed by atoms with Crippen molar-refractivity contribution in [2.75, 3.05) is 24.5 Å². The molecule has 1 aliphatic rings. The second kappa shape index (κ2) is 6.41. The third-order valence-corrected chi connectivity index (χ3v) is 3.39. The van der Waals surface area contributed by atoms with Crippen LogP contribution in [-0.4, -0.2) is 41.6 Å². The van der Waals surface area contributed by atoms with E-state index in [9.17, 15) is 9.59 Å². The largest absolute Gasteiger partial charge is 0.480 e. The lowest BCUT2D eigenvalue weighted by molar-refractivity contribution is -0.137. The molecule has 1 aliphatic carbocycles. The van der Waals surface area contributed by atoms with Crippen LogP contribution in [0.15, 0.2) is 30.3 Å². The Kier molecular flexibility index (Phi) is 4.61. The quantitative estimate of drug-likeness (QED) is 0.868. The third-order valence-electron chi connectivity index (χ3n) is 3.39. The van der Waals surface area contributed by atoms with Crippen molar-refractivity contribution < 1.29 is 14.7 Å². The molecule has 1 N–H and O–H groups in total. The molecule has 1 fully saturated rings. The molecule has 0 atom stereocenters. The van der Waals surface area contributed by atoms with Crippen LogP contribution in [0.1, 0.15) is 19.8 Å².